The first kappa shape index (κ1) is 12.3. The summed E-state index contributed by atoms with van der Waals surface area (Å²) in [7, 11) is -4.77. The van der Waals surface area contributed by atoms with Crippen LogP contribution in [0.5, 0.6) is 11.8 Å². The quantitative estimate of drug-likeness (QED) is 0.542. The number of hydrogen-bond donors (Lipinski definition) is 4. The summed E-state index contributed by atoms with van der Waals surface area (Å²) in [4.78, 5) is 10.4. The highest BCUT2D eigenvalue weighted by atomic mass is 32.2. The first-order chi connectivity index (χ1) is 7.23. The van der Waals surface area contributed by atoms with Crippen LogP contribution in [-0.4, -0.2) is 38.8 Å². The molecule has 4 N–H and O–H groups in total. The maximum atomic E-state index is 10.9. The fourth-order valence-corrected chi connectivity index (χ4v) is 2.04. The highest BCUT2D eigenvalue weighted by Gasteiger charge is 2.31. The van der Waals surface area contributed by atoms with Gasteiger partial charge in [0.15, 0.2) is 17.1 Å². The molecular weight excluding hydrogens is 242 g/mol. The minimum absolute atomic E-state index is 0.406. The fraction of sp³-hybridized carbons (Fsp3) is 0.286. The van der Waals surface area contributed by atoms with Gasteiger partial charge in [-0.25, -0.2) is 0 Å². The molecule has 0 saturated carbocycles. The van der Waals surface area contributed by atoms with Gasteiger partial charge in [0.1, 0.15) is 0 Å². The molecule has 1 aromatic rings. The van der Waals surface area contributed by atoms with Gasteiger partial charge in [-0.05, 0) is 0 Å². The monoisotopic (exact) mass is 251 g/mol. The molecule has 8 nitrogen and oxygen atoms in total. The normalized spacial score (nSPS) is 13.6. The largest absolute Gasteiger partial charge is 0.494 e. The van der Waals surface area contributed by atoms with Gasteiger partial charge >= 0.3 is 5.97 Å². The zero-order chi connectivity index (χ0) is 12.5. The zero-order valence-corrected chi connectivity index (χ0v) is 8.62. The van der Waals surface area contributed by atoms with Crippen molar-refractivity contribution in [1.29, 1.82) is 0 Å². The van der Waals surface area contributed by atoms with Crippen LogP contribution in [0.3, 0.4) is 0 Å². The van der Waals surface area contributed by atoms with Gasteiger partial charge in [0.2, 0.25) is 0 Å². The van der Waals surface area contributed by atoms with Gasteiger partial charge in [0.25, 0.3) is 10.1 Å². The van der Waals surface area contributed by atoms with Crippen LogP contribution >= 0.6 is 0 Å². The smallest absolute Gasteiger partial charge is 0.306 e. The molecule has 0 amide bonds. The Hall–Kier alpha value is -1.74. The Labute approximate surface area is 90.1 Å². The lowest BCUT2D eigenvalue weighted by Gasteiger charge is -2.15. The average Bonchev–Trinajstić information content (AvgIpc) is 2.41. The van der Waals surface area contributed by atoms with E-state index in [9.17, 15) is 23.4 Å². The minimum Gasteiger partial charge on any atom is -0.494 e. The number of aromatic nitrogens is 1. The third kappa shape index (κ3) is 2.44. The molecule has 0 spiro atoms. The standard InChI is InChI=1S/C7H9NO7S/c9-4-1-2-5(10)8(4)6(3-7(11)12)16(13,14)15/h1-2,6,9-10H,3H2,(H,11,12)(H,13,14,15). The molecule has 0 saturated heterocycles. The average molecular weight is 251 g/mol. The summed E-state index contributed by atoms with van der Waals surface area (Å²) < 4.78 is 31.1. The molecule has 1 rings (SSSR count). The number of hydrogen-bond acceptors (Lipinski definition) is 5. The Morgan fingerprint density at radius 3 is 2.06 bits per heavy atom. The van der Waals surface area contributed by atoms with Crippen molar-refractivity contribution in [3.63, 3.8) is 0 Å². The van der Waals surface area contributed by atoms with Gasteiger partial charge in [0, 0.05) is 12.1 Å². The Morgan fingerprint density at radius 1 is 1.31 bits per heavy atom. The number of rotatable bonds is 4. The molecule has 1 unspecified atom stereocenters. The van der Waals surface area contributed by atoms with Crippen LogP contribution in [0.1, 0.15) is 11.8 Å². The van der Waals surface area contributed by atoms with Gasteiger partial charge in [0.05, 0.1) is 6.42 Å². The highest BCUT2D eigenvalue weighted by molar-refractivity contribution is 7.85. The second-order valence-corrected chi connectivity index (χ2v) is 4.56. The van der Waals surface area contributed by atoms with Crippen molar-refractivity contribution in [2.75, 3.05) is 0 Å². The Kier molecular flexibility index (Phi) is 3.10. The van der Waals surface area contributed by atoms with Gasteiger partial charge in [-0.2, -0.15) is 8.42 Å². The number of aromatic hydroxyl groups is 2. The van der Waals surface area contributed by atoms with Crippen molar-refractivity contribution in [2.45, 2.75) is 11.8 Å². The second-order valence-electron chi connectivity index (χ2n) is 2.99. The van der Waals surface area contributed by atoms with E-state index in [4.69, 9.17) is 9.66 Å². The van der Waals surface area contributed by atoms with Gasteiger partial charge in [-0.3, -0.25) is 13.9 Å². The molecule has 0 aliphatic rings. The predicted octanol–water partition coefficient (Wildman–Crippen LogP) is -0.240. The number of carboxylic acid groups (broad SMARTS) is 1. The molecular formula is C7H9NO7S. The number of aliphatic carboxylic acids is 1. The molecule has 0 fully saturated rings. The summed E-state index contributed by atoms with van der Waals surface area (Å²) >= 11 is 0. The highest BCUT2D eigenvalue weighted by Crippen LogP contribution is 2.31. The van der Waals surface area contributed by atoms with Crippen molar-refractivity contribution < 1.29 is 33.1 Å². The fourth-order valence-electron chi connectivity index (χ4n) is 1.20. The summed E-state index contributed by atoms with van der Waals surface area (Å²) in [5, 5.41) is 24.9. The molecule has 9 heteroatoms. The van der Waals surface area contributed by atoms with Crippen LogP contribution in [0.4, 0.5) is 0 Å². The van der Waals surface area contributed by atoms with E-state index in [2.05, 4.69) is 0 Å². The van der Waals surface area contributed by atoms with E-state index >= 15 is 0 Å². The molecule has 1 heterocycles. The number of carboxylic acids is 1. The lowest BCUT2D eigenvalue weighted by atomic mass is 10.4. The van der Waals surface area contributed by atoms with Crippen LogP contribution in [0.25, 0.3) is 0 Å². The van der Waals surface area contributed by atoms with Crippen LogP contribution in [0.2, 0.25) is 0 Å². The lowest BCUT2D eigenvalue weighted by molar-refractivity contribution is -0.137. The maximum absolute atomic E-state index is 10.9. The predicted molar refractivity (Wildman–Crippen MR) is 50.6 cm³/mol. The molecule has 1 atom stereocenters. The van der Waals surface area contributed by atoms with Crippen molar-refractivity contribution in [3.8, 4) is 11.8 Å². The maximum Gasteiger partial charge on any atom is 0.306 e. The van der Waals surface area contributed by atoms with Crippen LogP contribution in [0.15, 0.2) is 12.1 Å². The second kappa shape index (κ2) is 4.02. The van der Waals surface area contributed by atoms with E-state index in [1.54, 1.807) is 0 Å². The summed E-state index contributed by atoms with van der Waals surface area (Å²) in [5.74, 6) is -2.84. The summed E-state index contributed by atoms with van der Waals surface area (Å²) in [6.45, 7) is 0. The van der Waals surface area contributed by atoms with E-state index in [1.807, 2.05) is 0 Å². The molecule has 90 valence electrons. The van der Waals surface area contributed by atoms with Gasteiger partial charge in [-0.1, -0.05) is 0 Å². The van der Waals surface area contributed by atoms with Crippen molar-refractivity contribution in [3.05, 3.63) is 12.1 Å². The SMILES string of the molecule is O=C(O)CC(n1c(O)ccc1O)S(=O)(=O)O. The summed E-state index contributed by atoms with van der Waals surface area (Å²) in [6, 6.07) is 1.94. The molecule has 0 bridgehead atoms. The summed E-state index contributed by atoms with van der Waals surface area (Å²) in [6.07, 6.45) is -0.991. The Balaban J connectivity index is 3.27. The minimum atomic E-state index is -4.77. The van der Waals surface area contributed by atoms with Crippen LogP contribution in [0, 0.1) is 0 Å². The first-order valence-electron chi connectivity index (χ1n) is 4.00. The van der Waals surface area contributed by atoms with E-state index in [1.165, 1.54) is 0 Å². The van der Waals surface area contributed by atoms with Crippen LogP contribution in [-0.2, 0) is 14.9 Å². The van der Waals surface area contributed by atoms with Crippen molar-refractivity contribution in [1.82, 2.24) is 4.57 Å². The zero-order valence-electron chi connectivity index (χ0n) is 7.81. The van der Waals surface area contributed by atoms with Gasteiger partial charge < -0.3 is 15.3 Å². The van der Waals surface area contributed by atoms with Gasteiger partial charge in [-0.15, -0.1) is 0 Å². The molecule has 1 aromatic heterocycles. The molecule has 0 aliphatic carbocycles. The Morgan fingerprint density at radius 2 is 1.75 bits per heavy atom. The topological polar surface area (TPSA) is 137 Å². The first-order valence-corrected chi connectivity index (χ1v) is 5.51. The molecule has 16 heavy (non-hydrogen) atoms. The number of nitrogens with zero attached hydrogens (tertiary/aromatic N) is 1. The van der Waals surface area contributed by atoms with Crippen LogP contribution < -0.4 is 0 Å². The molecule has 0 aromatic carbocycles. The molecule has 0 radical (unpaired) electrons. The van der Waals surface area contributed by atoms with E-state index in [0.29, 0.717) is 4.57 Å². The lowest BCUT2D eigenvalue weighted by Crippen LogP contribution is -2.21. The third-order valence-electron chi connectivity index (χ3n) is 1.86. The van der Waals surface area contributed by atoms with Crippen molar-refractivity contribution in [2.24, 2.45) is 0 Å². The summed E-state index contributed by atoms with van der Waals surface area (Å²) in [5.41, 5.74) is 0. The molecule has 0 aliphatic heterocycles. The third-order valence-corrected chi connectivity index (χ3v) is 2.92. The Bertz CT molecular complexity index is 483. The van der Waals surface area contributed by atoms with Crippen molar-refractivity contribution >= 4 is 16.1 Å². The van der Waals surface area contributed by atoms with E-state index in [-0.39, 0.29) is 0 Å². The number of carbonyl (C=O) groups is 1. The van der Waals surface area contributed by atoms with E-state index < -0.39 is 39.6 Å². The van der Waals surface area contributed by atoms with E-state index in [0.717, 1.165) is 12.1 Å².